The molecule has 1 spiro atoms. The Hall–Kier alpha value is -1.62. The summed E-state index contributed by atoms with van der Waals surface area (Å²) in [5.41, 5.74) is 6.09. The molecule has 0 radical (unpaired) electrons. The summed E-state index contributed by atoms with van der Waals surface area (Å²) < 4.78 is 25.7. The van der Waals surface area contributed by atoms with Crippen molar-refractivity contribution in [3.63, 3.8) is 0 Å². The van der Waals surface area contributed by atoms with Gasteiger partial charge in [0.15, 0.2) is 5.96 Å². The zero-order valence-corrected chi connectivity index (χ0v) is 36.1. The Morgan fingerprint density at radius 2 is 1.76 bits per heavy atom. The zero-order valence-electron chi connectivity index (χ0n) is 36.1. The Balaban J connectivity index is 0.868. The monoisotopic (exact) mass is 833 g/mol. The van der Waals surface area contributed by atoms with Crippen LogP contribution in [-0.4, -0.2) is 133 Å². The Morgan fingerprint density at radius 3 is 2.59 bits per heavy atom. The van der Waals surface area contributed by atoms with Crippen LogP contribution < -0.4 is 27.0 Å². The molecule has 0 bridgehead atoms. The van der Waals surface area contributed by atoms with Crippen LogP contribution in [0.5, 0.6) is 0 Å². The molecule has 15 unspecified atom stereocenters. The highest BCUT2D eigenvalue weighted by Gasteiger charge is 2.45. The number of piperidine rings is 2. The minimum Gasteiger partial charge on any atom is -0.462 e. The first-order valence-corrected chi connectivity index (χ1v) is 24.0. The van der Waals surface area contributed by atoms with E-state index in [4.69, 9.17) is 29.7 Å². The molecule has 0 aromatic heterocycles. The fraction of sp³-hybridized carbons (Fsp3) is 0.956. The Kier molecular flexibility index (Phi) is 17.0. The number of nitrogens with zero attached hydrogens (tertiary/aromatic N) is 1. The van der Waals surface area contributed by atoms with Crippen molar-refractivity contribution in [2.45, 2.75) is 208 Å². The minimum absolute atomic E-state index is 0.00193. The zero-order chi connectivity index (χ0) is 41.2. The van der Waals surface area contributed by atoms with E-state index >= 15 is 0 Å². The summed E-state index contributed by atoms with van der Waals surface area (Å²) in [7, 11) is 0. The highest BCUT2D eigenvalue weighted by Crippen LogP contribution is 2.40. The third kappa shape index (κ3) is 13.4. The first-order valence-electron chi connectivity index (χ1n) is 24.0. The van der Waals surface area contributed by atoms with Crippen molar-refractivity contribution in [1.82, 2.24) is 21.3 Å². The topological polar surface area (TPSA) is 201 Å². The first kappa shape index (κ1) is 45.4. The van der Waals surface area contributed by atoms with Crippen molar-refractivity contribution in [2.24, 2.45) is 34.4 Å². The van der Waals surface area contributed by atoms with E-state index in [1.165, 1.54) is 32.6 Å². The molecule has 59 heavy (non-hydrogen) atoms. The molecule has 0 amide bonds. The molecule has 3 saturated carbocycles. The van der Waals surface area contributed by atoms with E-state index in [1.807, 2.05) is 0 Å². The van der Waals surface area contributed by atoms with Gasteiger partial charge in [0.1, 0.15) is 12.2 Å². The predicted octanol–water partition coefficient (Wildman–Crippen LogP) is 3.38. The van der Waals surface area contributed by atoms with Crippen LogP contribution in [0.25, 0.3) is 0 Å². The third-order valence-corrected chi connectivity index (χ3v) is 15.2. The summed E-state index contributed by atoms with van der Waals surface area (Å²) >= 11 is 0. The van der Waals surface area contributed by atoms with E-state index in [-0.39, 0.29) is 54.1 Å². The van der Waals surface area contributed by atoms with Crippen molar-refractivity contribution < 1.29 is 39.1 Å². The van der Waals surface area contributed by atoms with Gasteiger partial charge in [-0.2, -0.15) is 0 Å². The van der Waals surface area contributed by atoms with E-state index < -0.39 is 24.4 Å². The van der Waals surface area contributed by atoms with Crippen molar-refractivity contribution >= 4 is 11.9 Å². The van der Waals surface area contributed by atoms with Crippen LogP contribution in [0, 0.1) is 23.7 Å². The minimum atomic E-state index is -0.914. The van der Waals surface area contributed by atoms with Crippen LogP contribution in [0.3, 0.4) is 0 Å². The molecule has 7 aliphatic rings. The van der Waals surface area contributed by atoms with E-state index in [9.17, 15) is 20.1 Å². The van der Waals surface area contributed by atoms with E-state index in [2.05, 4.69) is 21.3 Å². The molecule has 6 fully saturated rings. The molecule has 0 aromatic rings. The van der Waals surface area contributed by atoms with Crippen molar-refractivity contribution in [3.05, 3.63) is 0 Å². The molecule has 9 N–H and O–H groups in total. The lowest BCUT2D eigenvalue weighted by molar-refractivity contribution is -0.182. The number of aliphatic hydroxyl groups excluding tert-OH is 3. The van der Waals surface area contributed by atoms with E-state index in [0.29, 0.717) is 50.0 Å². The standard InChI is InChI=1S/C45H80N6O8/c1-29(52)57-36-25-34(58-39(26-36)33-23-38(54)43(55)41(24-33)56-20-13-32-6-3-16-47-28-32)10-8-31-9-11-37(53)40(21-31)59-35-7-2-14-45(27-35)15-19-50-44(51-45)49-17-4-5-30-12-18-48-42(46)22-30/h30-43,47-48,53-55H,2-28,46H2,1H3,(H2,49,50,51). The highest BCUT2D eigenvalue weighted by molar-refractivity contribution is 5.81. The number of carbonyl (C=O) groups excluding carboxylic acids is 1. The molecule has 0 aromatic carbocycles. The summed E-state index contributed by atoms with van der Waals surface area (Å²) in [4.78, 5) is 16.9. The maximum atomic E-state index is 12.1. The van der Waals surface area contributed by atoms with Crippen molar-refractivity contribution in [2.75, 3.05) is 39.3 Å². The van der Waals surface area contributed by atoms with Crippen molar-refractivity contribution in [1.29, 1.82) is 0 Å². The van der Waals surface area contributed by atoms with E-state index in [0.717, 1.165) is 122 Å². The number of hydrogen-bond donors (Lipinski definition) is 8. The molecule has 15 atom stereocenters. The summed E-state index contributed by atoms with van der Waals surface area (Å²) in [5, 5.41) is 47.2. The van der Waals surface area contributed by atoms with Gasteiger partial charge in [0.05, 0.1) is 48.9 Å². The van der Waals surface area contributed by atoms with Gasteiger partial charge in [-0.05, 0) is 165 Å². The Bertz CT molecular complexity index is 1320. The lowest BCUT2D eigenvalue weighted by Crippen LogP contribution is -2.59. The Labute approximate surface area is 353 Å². The molecule has 7 rings (SSSR count). The fourth-order valence-electron chi connectivity index (χ4n) is 11.9. The second-order valence-electron chi connectivity index (χ2n) is 19.8. The number of carbonyl (C=O) groups is 1. The molecule has 3 aliphatic carbocycles. The molecule has 14 heteroatoms. The number of aliphatic imine (C=N–C) groups is 1. The van der Waals surface area contributed by atoms with Gasteiger partial charge in [-0.3, -0.25) is 9.79 Å². The maximum absolute atomic E-state index is 12.1. The number of rotatable bonds is 15. The molecular weight excluding hydrogens is 753 g/mol. The van der Waals surface area contributed by atoms with Gasteiger partial charge in [-0.25, -0.2) is 0 Å². The normalized spacial score (nSPS) is 42.1. The summed E-state index contributed by atoms with van der Waals surface area (Å²) in [6, 6.07) is 0. The molecular formula is C45H80N6O8. The lowest BCUT2D eigenvalue weighted by atomic mass is 9.76. The van der Waals surface area contributed by atoms with Gasteiger partial charge in [-0.1, -0.05) is 0 Å². The average molecular weight is 833 g/mol. The highest BCUT2D eigenvalue weighted by atomic mass is 16.6. The molecule has 338 valence electrons. The fourth-order valence-corrected chi connectivity index (χ4v) is 11.9. The van der Waals surface area contributed by atoms with Crippen LogP contribution in [0.2, 0.25) is 0 Å². The third-order valence-electron chi connectivity index (χ3n) is 15.2. The van der Waals surface area contributed by atoms with Crippen LogP contribution >= 0.6 is 0 Å². The van der Waals surface area contributed by atoms with Crippen LogP contribution in [0.4, 0.5) is 0 Å². The smallest absolute Gasteiger partial charge is 0.302 e. The lowest BCUT2D eigenvalue weighted by Gasteiger charge is -2.46. The maximum Gasteiger partial charge on any atom is 0.302 e. The number of nitrogens with two attached hydrogens (primary N) is 1. The number of nitrogens with one attached hydrogen (secondary N) is 4. The van der Waals surface area contributed by atoms with Gasteiger partial charge < -0.3 is 61.3 Å². The second-order valence-corrected chi connectivity index (χ2v) is 19.8. The van der Waals surface area contributed by atoms with E-state index in [1.54, 1.807) is 0 Å². The number of esters is 1. The predicted molar refractivity (Wildman–Crippen MR) is 227 cm³/mol. The van der Waals surface area contributed by atoms with Gasteiger partial charge in [0.2, 0.25) is 0 Å². The quantitative estimate of drug-likeness (QED) is 0.0884. The van der Waals surface area contributed by atoms with Crippen molar-refractivity contribution in [3.8, 4) is 0 Å². The molecule has 4 heterocycles. The largest absolute Gasteiger partial charge is 0.462 e. The second kappa shape index (κ2) is 22.1. The van der Waals surface area contributed by atoms with Gasteiger partial charge in [0, 0.05) is 45.0 Å². The summed E-state index contributed by atoms with van der Waals surface area (Å²) in [6.07, 6.45) is 16.5. The first-order chi connectivity index (χ1) is 28.6. The SMILES string of the molecule is CC(=O)OC1CC(CCC2CCC(O)C(OC3CCCC4(CCN=C(NCCCC5CCNC(N)C5)N4)C3)C2)OC(C2CC(O)C(O)C(OCCC3CCCNC3)C2)C1. The van der Waals surface area contributed by atoms with Crippen LogP contribution in [0.1, 0.15) is 142 Å². The number of hydrogen-bond acceptors (Lipinski definition) is 14. The van der Waals surface area contributed by atoms with Gasteiger partial charge >= 0.3 is 5.97 Å². The number of guanidine groups is 1. The van der Waals surface area contributed by atoms with Gasteiger partial charge in [0.25, 0.3) is 0 Å². The van der Waals surface area contributed by atoms with Crippen LogP contribution in [-0.2, 0) is 23.7 Å². The molecule has 14 nitrogen and oxygen atoms in total. The average Bonchev–Trinajstić information content (AvgIpc) is 3.21. The van der Waals surface area contributed by atoms with Gasteiger partial charge in [-0.15, -0.1) is 0 Å². The summed E-state index contributed by atoms with van der Waals surface area (Å²) in [6.45, 7) is 6.87. The number of aliphatic hydroxyl groups is 3. The summed E-state index contributed by atoms with van der Waals surface area (Å²) in [5.74, 6) is 2.34. The Morgan fingerprint density at radius 1 is 0.881 bits per heavy atom. The molecule has 4 aliphatic heterocycles. The number of ether oxygens (including phenoxy) is 4. The molecule has 3 saturated heterocycles. The van der Waals surface area contributed by atoms with Crippen LogP contribution in [0.15, 0.2) is 4.99 Å².